The summed E-state index contributed by atoms with van der Waals surface area (Å²) in [5.74, 6) is 0. The van der Waals surface area contributed by atoms with Crippen molar-refractivity contribution in [1.29, 1.82) is 0 Å². The second-order valence-corrected chi connectivity index (χ2v) is 7.39. The number of hydrogen-bond donors (Lipinski definition) is 2. The summed E-state index contributed by atoms with van der Waals surface area (Å²) in [7, 11) is 0. The summed E-state index contributed by atoms with van der Waals surface area (Å²) in [6, 6.07) is 16.9. The Bertz CT molecular complexity index is 762. The van der Waals surface area contributed by atoms with Crippen molar-refractivity contribution in [2.75, 3.05) is 38.0 Å². The molecule has 0 atom stereocenters. The van der Waals surface area contributed by atoms with Gasteiger partial charge in [0, 0.05) is 5.69 Å². The zero-order chi connectivity index (χ0) is 18.4. The summed E-state index contributed by atoms with van der Waals surface area (Å²) in [5.41, 5.74) is 4.90. The quantitative estimate of drug-likeness (QED) is 0.812. The molecule has 0 radical (unpaired) electrons. The molecular formula is C22H28N3S+. The van der Waals surface area contributed by atoms with Gasteiger partial charge in [0.25, 0.3) is 0 Å². The van der Waals surface area contributed by atoms with E-state index in [0.29, 0.717) is 0 Å². The summed E-state index contributed by atoms with van der Waals surface area (Å²) in [6.07, 6.45) is 4.50. The van der Waals surface area contributed by atoms with E-state index in [4.69, 9.17) is 12.2 Å². The number of benzene rings is 2. The van der Waals surface area contributed by atoms with Crippen molar-refractivity contribution in [3.63, 3.8) is 0 Å². The van der Waals surface area contributed by atoms with E-state index in [1.54, 1.807) is 4.90 Å². The first-order chi connectivity index (χ1) is 12.6. The molecule has 2 aromatic rings. The van der Waals surface area contributed by atoms with E-state index < -0.39 is 0 Å². The number of nitrogens with zero attached hydrogens (tertiary/aromatic N) is 1. The molecule has 2 N–H and O–H groups in total. The fourth-order valence-electron chi connectivity index (χ4n) is 3.30. The Hall–Kier alpha value is -2.17. The van der Waals surface area contributed by atoms with Crippen LogP contribution in [0.2, 0.25) is 0 Å². The third-order valence-corrected chi connectivity index (χ3v) is 5.26. The highest BCUT2D eigenvalue weighted by Crippen LogP contribution is 2.16. The van der Waals surface area contributed by atoms with Gasteiger partial charge in [0.05, 0.1) is 32.7 Å². The molecule has 1 aliphatic heterocycles. The van der Waals surface area contributed by atoms with Crippen molar-refractivity contribution in [3.05, 3.63) is 71.3 Å². The maximum Gasteiger partial charge on any atom is 0.173 e. The molecule has 26 heavy (non-hydrogen) atoms. The second-order valence-electron chi connectivity index (χ2n) is 7.00. The molecule has 0 spiro atoms. The van der Waals surface area contributed by atoms with Crippen LogP contribution in [0.25, 0.3) is 6.08 Å². The van der Waals surface area contributed by atoms with Gasteiger partial charge >= 0.3 is 0 Å². The predicted molar refractivity (Wildman–Crippen MR) is 115 cm³/mol. The number of piperazine rings is 1. The lowest BCUT2D eigenvalue weighted by molar-refractivity contribution is -0.897. The van der Waals surface area contributed by atoms with Gasteiger partial charge in [-0.25, -0.2) is 0 Å². The minimum Gasteiger partial charge on any atom is -0.338 e. The van der Waals surface area contributed by atoms with E-state index in [-0.39, 0.29) is 0 Å². The van der Waals surface area contributed by atoms with Crippen molar-refractivity contribution in [2.45, 2.75) is 13.8 Å². The highest BCUT2D eigenvalue weighted by Gasteiger charge is 2.21. The summed E-state index contributed by atoms with van der Waals surface area (Å²) >= 11 is 5.63. The van der Waals surface area contributed by atoms with E-state index in [0.717, 1.165) is 43.5 Å². The van der Waals surface area contributed by atoms with Crippen LogP contribution in [0.3, 0.4) is 0 Å². The molecule has 0 saturated carbocycles. The normalized spacial score (nSPS) is 15.4. The minimum absolute atomic E-state index is 0.843. The van der Waals surface area contributed by atoms with Crippen LogP contribution in [0.1, 0.15) is 16.7 Å². The Morgan fingerprint density at radius 3 is 2.54 bits per heavy atom. The van der Waals surface area contributed by atoms with Gasteiger partial charge in [-0.2, -0.15) is 0 Å². The molecule has 4 heteroatoms. The lowest BCUT2D eigenvalue weighted by atomic mass is 10.1. The van der Waals surface area contributed by atoms with Crippen LogP contribution in [0.15, 0.2) is 54.6 Å². The predicted octanol–water partition coefficient (Wildman–Crippen LogP) is 2.91. The fraction of sp³-hybridized carbons (Fsp3) is 0.318. The molecule has 0 aliphatic carbocycles. The second kappa shape index (κ2) is 8.97. The van der Waals surface area contributed by atoms with Crippen LogP contribution < -0.4 is 10.2 Å². The number of quaternary nitrogens is 1. The number of anilines is 1. The number of rotatable bonds is 4. The average molecular weight is 367 g/mol. The molecule has 1 saturated heterocycles. The van der Waals surface area contributed by atoms with Gasteiger partial charge < -0.3 is 15.1 Å². The van der Waals surface area contributed by atoms with Crippen LogP contribution in [-0.4, -0.2) is 42.7 Å². The van der Waals surface area contributed by atoms with Gasteiger partial charge in [0.15, 0.2) is 5.11 Å². The Morgan fingerprint density at radius 1 is 1.12 bits per heavy atom. The van der Waals surface area contributed by atoms with E-state index in [1.807, 2.05) is 0 Å². The van der Waals surface area contributed by atoms with E-state index >= 15 is 0 Å². The molecule has 2 aromatic carbocycles. The lowest BCUT2D eigenvalue weighted by Crippen LogP contribution is -3.14. The SMILES string of the molecule is Cc1ccc(NC(=S)N2CC[NH+](C/C=C/c3ccccc3)CC2)c(C)c1. The third kappa shape index (κ3) is 5.16. The molecule has 1 heterocycles. The van der Waals surface area contributed by atoms with Gasteiger partial charge in [0.2, 0.25) is 0 Å². The Labute approximate surface area is 162 Å². The molecule has 0 bridgehead atoms. The maximum absolute atomic E-state index is 5.63. The van der Waals surface area contributed by atoms with Gasteiger partial charge in [-0.15, -0.1) is 0 Å². The first-order valence-corrected chi connectivity index (χ1v) is 9.71. The van der Waals surface area contributed by atoms with Crippen LogP contribution in [0.4, 0.5) is 5.69 Å². The van der Waals surface area contributed by atoms with Crippen LogP contribution in [-0.2, 0) is 0 Å². The largest absolute Gasteiger partial charge is 0.338 e. The van der Waals surface area contributed by atoms with Crippen molar-refractivity contribution in [1.82, 2.24) is 4.90 Å². The third-order valence-electron chi connectivity index (χ3n) is 4.90. The highest BCUT2D eigenvalue weighted by molar-refractivity contribution is 7.80. The Kier molecular flexibility index (Phi) is 6.42. The first-order valence-electron chi connectivity index (χ1n) is 9.30. The number of aryl methyl sites for hydroxylation is 2. The highest BCUT2D eigenvalue weighted by atomic mass is 32.1. The minimum atomic E-state index is 0.843. The topological polar surface area (TPSA) is 19.7 Å². The number of hydrogen-bond acceptors (Lipinski definition) is 1. The van der Waals surface area contributed by atoms with Crippen LogP contribution >= 0.6 is 12.2 Å². The Morgan fingerprint density at radius 2 is 1.85 bits per heavy atom. The van der Waals surface area contributed by atoms with Crippen LogP contribution in [0, 0.1) is 13.8 Å². The molecule has 1 fully saturated rings. The zero-order valence-electron chi connectivity index (χ0n) is 15.7. The Balaban J connectivity index is 1.45. The zero-order valence-corrected chi connectivity index (χ0v) is 16.5. The summed E-state index contributed by atoms with van der Waals surface area (Å²) < 4.78 is 0. The van der Waals surface area contributed by atoms with E-state index in [1.165, 1.54) is 16.7 Å². The fourth-order valence-corrected chi connectivity index (χ4v) is 3.60. The maximum atomic E-state index is 5.63. The smallest absolute Gasteiger partial charge is 0.173 e. The van der Waals surface area contributed by atoms with Crippen molar-refractivity contribution in [3.8, 4) is 0 Å². The monoisotopic (exact) mass is 366 g/mol. The standard InChI is InChI=1S/C22H27N3S/c1-18-10-11-21(19(2)17-18)23-22(26)25-15-13-24(14-16-25)12-6-9-20-7-4-3-5-8-20/h3-11,17H,12-16H2,1-2H3,(H,23,26)/p+1/b9-6+. The molecule has 0 unspecified atom stereocenters. The molecule has 3 nitrogen and oxygen atoms in total. The molecule has 1 aliphatic rings. The van der Waals surface area contributed by atoms with Crippen molar-refractivity contribution in [2.24, 2.45) is 0 Å². The van der Waals surface area contributed by atoms with Crippen molar-refractivity contribution >= 4 is 29.1 Å². The van der Waals surface area contributed by atoms with E-state index in [2.05, 4.69) is 84.7 Å². The lowest BCUT2D eigenvalue weighted by Gasteiger charge is -2.33. The molecule has 0 amide bonds. The number of nitrogens with one attached hydrogen (secondary N) is 2. The molecule has 0 aromatic heterocycles. The molecule has 136 valence electrons. The summed E-state index contributed by atoms with van der Waals surface area (Å²) in [5, 5.41) is 4.26. The summed E-state index contributed by atoms with van der Waals surface area (Å²) in [6.45, 7) is 9.56. The average Bonchev–Trinajstić information content (AvgIpc) is 2.65. The van der Waals surface area contributed by atoms with Gasteiger partial charge in [-0.1, -0.05) is 54.1 Å². The molecular weight excluding hydrogens is 338 g/mol. The first kappa shape index (κ1) is 18.6. The van der Waals surface area contributed by atoms with E-state index in [9.17, 15) is 0 Å². The number of thiocarbonyl (C=S) groups is 1. The molecule has 3 rings (SSSR count). The van der Waals surface area contributed by atoms with Crippen molar-refractivity contribution < 1.29 is 4.90 Å². The van der Waals surface area contributed by atoms with Gasteiger partial charge in [-0.05, 0) is 49.3 Å². The summed E-state index contributed by atoms with van der Waals surface area (Å²) in [4.78, 5) is 3.90. The van der Waals surface area contributed by atoms with Gasteiger partial charge in [-0.3, -0.25) is 0 Å². The van der Waals surface area contributed by atoms with Gasteiger partial charge in [0.1, 0.15) is 0 Å². The van der Waals surface area contributed by atoms with Crippen LogP contribution in [0.5, 0.6) is 0 Å².